The second-order valence-electron chi connectivity index (χ2n) is 5.42. The maximum atomic E-state index is 4.32. The van der Waals surface area contributed by atoms with Crippen molar-refractivity contribution in [1.29, 1.82) is 0 Å². The Bertz CT molecular complexity index is 540. The molecule has 0 aliphatic carbocycles. The maximum Gasteiger partial charge on any atom is 0.105 e. The molecule has 5 heteroatoms. The van der Waals surface area contributed by atoms with E-state index < -0.39 is 0 Å². The molecule has 0 radical (unpaired) electrons. The zero-order chi connectivity index (χ0) is 14.5. The van der Waals surface area contributed by atoms with Crippen LogP contribution in [0.4, 0.5) is 0 Å². The number of aromatic nitrogens is 4. The number of nitrogens with one attached hydrogen (secondary N) is 1. The zero-order valence-corrected chi connectivity index (χ0v) is 12.9. The summed E-state index contributed by atoms with van der Waals surface area (Å²) in [5, 5.41) is 3.57. The zero-order valence-electron chi connectivity index (χ0n) is 12.9. The average Bonchev–Trinajstić information content (AvgIpc) is 2.97. The molecule has 0 amide bonds. The Kier molecular flexibility index (Phi) is 4.95. The Hall–Kier alpha value is -1.62. The molecule has 110 valence electrons. The standard InChI is InChI=1S/C15H25N5/c1-12(5-8-19-9-7-17-15(19)4)16-6-10-20-11-18-13(2)14(20)3/h7,9,11-12,16H,5-6,8,10H2,1-4H3/t12-/m1/s1. The van der Waals surface area contributed by atoms with Crippen molar-refractivity contribution in [2.45, 2.75) is 53.2 Å². The molecule has 2 rings (SSSR count). The third-order valence-electron chi connectivity index (χ3n) is 3.92. The van der Waals surface area contributed by atoms with Gasteiger partial charge in [0.25, 0.3) is 0 Å². The van der Waals surface area contributed by atoms with Gasteiger partial charge < -0.3 is 14.5 Å². The molecule has 0 aliphatic heterocycles. The summed E-state index contributed by atoms with van der Waals surface area (Å²) < 4.78 is 4.40. The lowest BCUT2D eigenvalue weighted by Crippen LogP contribution is -2.30. The topological polar surface area (TPSA) is 47.7 Å². The van der Waals surface area contributed by atoms with E-state index in [2.05, 4.69) is 45.2 Å². The highest BCUT2D eigenvalue weighted by Gasteiger charge is 2.05. The molecule has 2 heterocycles. The molecule has 0 aromatic carbocycles. The van der Waals surface area contributed by atoms with Crippen LogP contribution in [0.15, 0.2) is 18.7 Å². The Morgan fingerprint density at radius 2 is 1.95 bits per heavy atom. The van der Waals surface area contributed by atoms with Gasteiger partial charge in [-0.15, -0.1) is 0 Å². The molecule has 0 aliphatic rings. The second-order valence-corrected chi connectivity index (χ2v) is 5.42. The van der Waals surface area contributed by atoms with E-state index in [9.17, 15) is 0 Å². The molecule has 1 N–H and O–H groups in total. The van der Waals surface area contributed by atoms with Crippen molar-refractivity contribution < 1.29 is 0 Å². The van der Waals surface area contributed by atoms with Crippen LogP contribution in [0.25, 0.3) is 0 Å². The Morgan fingerprint density at radius 1 is 1.15 bits per heavy atom. The van der Waals surface area contributed by atoms with Gasteiger partial charge in [0.05, 0.1) is 12.0 Å². The van der Waals surface area contributed by atoms with Crippen molar-refractivity contribution in [3.63, 3.8) is 0 Å². The van der Waals surface area contributed by atoms with Crippen molar-refractivity contribution in [1.82, 2.24) is 24.4 Å². The lowest BCUT2D eigenvalue weighted by Gasteiger charge is -2.15. The minimum Gasteiger partial charge on any atom is -0.335 e. The van der Waals surface area contributed by atoms with Crippen LogP contribution in [0.5, 0.6) is 0 Å². The van der Waals surface area contributed by atoms with Gasteiger partial charge in [-0.2, -0.15) is 0 Å². The molecule has 2 aromatic rings. The van der Waals surface area contributed by atoms with Crippen molar-refractivity contribution >= 4 is 0 Å². The average molecular weight is 275 g/mol. The Morgan fingerprint density at radius 3 is 2.55 bits per heavy atom. The van der Waals surface area contributed by atoms with E-state index in [0.717, 1.165) is 37.6 Å². The molecule has 20 heavy (non-hydrogen) atoms. The summed E-state index contributed by atoms with van der Waals surface area (Å²) >= 11 is 0. The molecule has 2 aromatic heterocycles. The van der Waals surface area contributed by atoms with Crippen LogP contribution in [0, 0.1) is 20.8 Å². The SMILES string of the molecule is Cc1ncn(CCN[C@H](C)CCn2ccnc2C)c1C. The van der Waals surface area contributed by atoms with Gasteiger partial charge in [0.2, 0.25) is 0 Å². The third-order valence-corrected chi connectivity index (χ3v) is 3.92. The van der Waals surface area contributed by atoms with Crippen molar-refractivity contribution in [3.05, 3.63) is 35.9 Å². The summed E-state index contributed by atoms with van der Waals surface area (Å²) in [6.07, 6.45) is 6.93. The fourth-order valence-corrected chi connectivity index (χ4v) is 2.28. The maximum absolute atomic E-state index is 4.32. The summed E-state index contributed by atoms with van der Waals surface area (Å²) in [7, 11) is 0. The molecule has 0 saturated heterocycles. The Balaban J connectivity index is 1.69. The van der Waals surface area contributed by atoms with Gasteiger partial charge in [0.15, 0.2) is 0 Å². The molecule has 1 atom stereocenters. The Labute approximate surface area is 121 Å². The van der Waals surface area contributed by atoms with Crippen LogP contribution in [0.3, 0.4) is 0 Å². The first-order valence-electron chi connectivity index (χ1n) is 7.27. The first kappa shape index (κ1) is 14.8. The number of nitrogens with zero attached hydrogens (tertiary/aromatic N) is 4. The minimum atomic E-state index is 0.502. The van der Waals surface area contributed by atoms with E-state index in [1.165, 1.54) is 5.69 Å². The molecule has 5 nitrogen and oxygen atoms in total. The van der Waals surface area contributed by atoms with Crippen LogP contribution in [0.2, 0.25) is 0 Å². The number of hydrogen-bond acceptors (Lipinski definition) is 3. The van der Waals surface area contributed by atoms with Crippen molar-refractivity contribution in [3.8, 4) is 0 Å². The monoisotopic (exact) mass is 275 g/mol. The van der Waals surface area contributed by atoms with Crippen LogP contribution in [-0.2, 0) is 13.1 Å². The first-order valence-corrected chi connectivity index (χ1v) is 7.27. The smallest absolute Gasteiger partial charge is 0.105 e. The summed E-state index contributed by atoms with van der Waals surface area (Å²) in [5.74, 6) is 1.08. The van der Waals surface area contributed by atoms with E-state index in [1.54, 1.807) is 0 Å². The minimum absolute atomic E-state index is 0.502. The number of rotatable bonds is 7. The fourth-order valence-electron chi connectivity index (χ4n) is 2.28. The van der Waals surface area contributed by atoms with Gasteiger partial charge in [-0.1, -0.05) is 0 Å². The van der Waals surface area contributed by atoms with Crippen LogP contribution in [0.1, 0.15) is 30.6 Å². The quantitative estimate of drug-likeness (QED) is 0.841. The van der Waals surface area contributed by atoms with Gasteiger partial charge in [0.1, 0.15) is 5.82 Å². The first-order chi connectivity index (χ1) is 9.58. The van der Waals surface area contributed by atoms with E-state index >= 15 is 0 Å². The van der Waals surface area contributed by atoms with Crippen LogP contribution in [-0.4, -0.2) is 31.7 Å². The number of imidazole rings is 2. The van der Waals surface area contributed by atoms with E-state index in [0.29, 0.717) is 6.04 Å². The lowest BCUT2D eigenvalue weighted by atomic mass is 10.2. The predicted octanol–water partition coefficient (Wildman–Crippen LogP) is 2.07. The summed E-state index contributed by atoms with van der Waals surface area (Å²) in [5.41, 5.74) is 2.38. The van der Waals surface area contributed by atoms with E-state index in [-0.39, 0.29) is 0 Å². The van der Waals surface area contributed by atoms with Crippen molar-refractivity contribution in [2.75, 3.05) is 6.54 Å². The highest BCUT2D eigenvalue weighted by Crippen LogP contribution is 2.04. The lowest BCUT2D eigenvalue weighted by molar-refractivity contribution is 0.457. The molecule has 0 unspecified atom stereocenters. The van der Waals surface area contributed by atoms with Gasteiger partial charge in [-0.05, 0) is 34.1 Å². The third kappa shape index (κ3) is 3.70. The normalized spacial score (nSPS) is 12.8. The summed E-state index contributed by atoms with van der Waals surface area (Å²) in [6, 6.07) is 0.502. The van der Waals surface area contributed by atoms with Gasteiger partial charge >= 0.3 is 0 Å². The fraction of sp³-hybridized carbons (Fsp3) is 0.600. The summed E-state index contributed by atoms with van der Waals surface area (Å²) in [6.45, 7) is 11.4. The van der Waals surface area contributed by atoms with Crippen molar-refractivity contribution in [2.24, 2.45) is 0 Å². The van der Waals surface area contributed by atoms with Gasteiger partial charge in [0, 0.05) is 43.8 Å². The molecule has 0 saturated carbocycles. The van der Waals surface area contributed by atoms with Gasteiger partial charge in [-0.25, -0.2) is 9.97 Å². The van der Waals surface area contributed by atoms with Crippen LogP contribution >= 0.6 is 0 Å². The van der Waals surface area contributed by atoms with Gasteiger partial charge in [-0.3, -0.25) is 0 Å². The molecule has 0 spiro atoms. The predicted molar refractivity (Wildman–Crippen MR) is 80.7 cm³/mol. The molecule has 0 bridgehead atoms. The largest absolute Gasteiger partial charge is 0.335 e. The van der Waals surface area contributed by atoms with E-state index in [1.807, 2.05) is 25.6 Å². The highest BCUT2D eigenvalue weighted by molar-refractivity contribution is 5.08. The molecular weight excluding hydrogens is 250 g/mol. The highest BCUT2D eigenvalue weighted by atomic mass is 15.1. The number of hydrogen-bond donors (Lipinski definition) is 1. The molecular formula is C15H25N5. The van der Waals surface area contributed by atoms with E-state index in [4.69, 9.17) is 0 Å². The van der Waals surface area contributed by atoms with Crippen LogP contribution < -0.4 is 5.32 Å². The second kappa shape index (κ2) is 6.70. The number of aryl methyl sites for hydroxylation is 3. The molecule has 0 fully saturated rings. The summed E-state index contributed by atoms with van der Waals surface area (Å²) in [4.78, 5) is 8.56.